The van der Waals surface area contributed by atoms with Crippen molar-refractivity contribution in [2.45, 2.75) is 0 Å². The van der Waals surface area contributed by atoms with Crippen LogP contribution in [0.5, 0.6) is 0 Å². The minimum Gasteiger partial charge on any atom is -0.353 e. The molecule has 0 spiro atoms. The number of benzene rings is 1. The molecular weight excluding hydrogens is 282 g/mol. The lowest BCUT2D eigenvalue weighted by Gasteiger charge is -2.28. The van der Waals surface area contributed by atoms with Crippen molar-refractivity contribution in [3.63, 3.8) is 0 Å². The van der Waals surface area contributed by atoms with Crippen LogP contribution < -0.4 is 10.2 Å². The van der Waals surface area contributed by atoms with Crippen LogP contribution in [0, 0.1) is 11.8 Å². The smallest absolute Gasteiger partial charge is 0.147 e. The molecule has 0 amide bonds. The number of aromatic nitrogens is 1. The second-order valence-corrected chi connectivity index (χ2v) is 5.29. The molecule has 3 rings (SSSR count). The van der Waals surface area contributed by atoms with Crippen LogP contribution in [0.4, 0.5) is 5.82 Å². The molecule has 1 N–H and O–H groups in total. The van der Waals surface area contributed by atoms with Gasteiger partial charge in [-0.3, -0.25) is 0 Å². The number of halogens is 1. The predicted molar refractivity (Wildman–Crippen MR) is 86.8 cm³/mol. The standard InChI is InChI=1S/C17H16ClN3/c18-16-12-15(7-6-14-4-2-1-3-5-14)13-20-17(16)21-10-8-19-9-11-21/h1-5,12-13,19H,8-11H2. The Balaban J connectivity index is 1.80. The summed E-state index contributed by atoms with van der Waals surface area (Å²) in [6.45, 7) is 3.80. The fourth-order valence-corrected chi connectivity index (χ4v) is 2.56. The van der Waals surface area contributed by atoms with Gasteiger partial charge in [-0.1, -0.05) is 41.6 Å². The van der Waals surface area contributed by atoms with Crippen molar-refractivity contribution in [3.05, 3.63) is 58.7 Å². The highest BCUT2D eigenvalue weighted by Crippen LogP contribution is 2.24. The fraction of sp³-hybridized carbons (Fsp3) is 0.235. The van der Waals surface area contributed by atoms with Crippen LogP contribution in [-0.4, -0.2) is 31.2 Å². The summed E-state index contributed by atoms with van der Waals surface area (Å²) in [7, 11) is 0. The van der Waals surface area contributed by atoms with E-state index in [9.17, 15) is 0 Å². The molecule has 1 aliphatic heterocycles. The van der Waals surface area contributed by atoms with Gasteiger partial charge in [-0.25, -0.2) is 4.98 Å². The van der Waals surface area contributed by atoms with Gasteiger partial charge in [-0.2, -0.15) is 0 Å². The van der Waals surface area contributed by atoms with Crippen molar-refractivity contribution < 1.29 is 0 Å². The summed E-state index contributed by atoms with van der Waals surface area (Å²) in [5.74, 6) is 7.07. The van der Waals surface area contributed by atoms with Gasteiger partial charge in [-0.05, 0) is 18.2 Å². The zero-order valence-electron chi connectivity index (χ0n) is 11.6. The third kappa shape index (κ3) is 3.55. The lowest BCUT2D eigenvalue weighted by Crippen LogP contribution is -2.44. The molecule has 2 aromatic rings. The Hall–Kier alpha value is -2.02. The molecule has 2 heterocycles. The first-order valence-electron chi connectivity index (χ1n) is 7.01. The second-order valence-electron chi connectivity index (χ2n) is 4.88. The van der Waals surface area contributed by atoms with Crippen LogP contribution in [0.1, 0.15) is 11.1 Å². The van der Waals surface area contributed by atoms with E-state index >= 15 is 0 Å². The van der Waals surface area contributed by atoms with E-state index in [0.29, 0.717) is 5.02 Å². The minimum atomic E-state index is 0.664. The van der Waals surface area contributed by atoms with Crippen molar-refractivity contribution in [1.29, 1.82) is 0 Å². The topological polar surface area (TPSA) is 28.2 Å². The minimum absolute atomic E-state index is 0.664. The molecular formula is C17H16ClN3. The number of anilines is 1. The molecule has 4 heteroatoms. The predicted octanol–water partition coefficient (Wildman–Crippen LogP) is 2.54. The molecule has 0 unspecified atom stereocenters. The zero-order chi connectivity index (χ0) is 14.5. The van der Waals surface area contributed by atoms with Crippen LogP contribution in [0.3, 0.4) is 0 Å². The molecule has 1 fully saturated rings. The summed E-state index contributed by atoms with van der Waals surface area (Å²) in [5.41, 5.74) is 1.82. The van der Waals surface area contributed by atoms with Gasteiger partial charge in [0.25, 0.3) is 0 Å². The van der Waals surface area contributed by atoms with Crippen LogP contribution in [-0.2, 0) is 0 Å². The molecule has 0 aliphatic carbocycles. The average molecular weight is 298 g/mol. The van der Waals surface area contributed by atoms with Crippen LogP contribution in [0.25, 0.3) is 0 Å². The van der Waals surface area contributed by atoms with Gasteiger partial charge in [0.1, 0.15) is 5.82 Å². The monoisotopic (exact) mass is 297 g/mol. The number of nitrogens with one attached hydrogen (secondary N) is 1. The number of hydrogen-bond donors (Lipinski definition) is 1. The molecule has 0 saturated carbocycles. The summed E-state index contributed by atoms with van der Waals surface area (Å²) in [4.78, 5) is 6.68. The van der Waals surface area contributed by atoms with E-state index in [1.54, 1.807) is 6.20 Å². The van der Waals surface area contributed by atoms with Gasteiger partial charge in [-0.15, -0.1) is 0 Å². The first kappa shape index (κ1) is 13.9. The van der Waals surface area contributed by atoms with Crippen LogP contribution in [0.15, 0.2) is 42.6 Å². The molecule has 0 radical (unpaired) electrons. The Morgan fingerprint density at radius 2 is 1.76 bits per heavy atom. The van der Waals surface area contributed by atoms with E-state index in [-0.39, 0.29) is 0 Å². The lowest BCUT2D eigenvalue weighted by molar-refractivity contribution is 0.585. The first-order valence-corrected chi connectivity index (χ1v) is 7.39. The van der Waals surface area contributed by atoms with Crippen molar-refractivity contribution in [1.82, 2.24) is 10.3 Å². The molecule has 1 aromatic carbocycles. The van der Waals surface area contributed by atoms with Crippen molar-refractivity contribution in [3.8, 4) is 11.8 Å². The Morgan fingerprint density at radius 3 is 2.48 bits per heavy atom. The maximum atomic E-state index is 6.35. The van der Waals surface area contributed by atoms with E-state index in [4.69, 9.17) is 11.6 Å². The summed E-state index contributed by atoms with van der Waals surface area (Å²) < 4.78 is 0. The van der Waals surface area contributed by atoms with E-state index in [1.165, 1.54) is 0 Å². The third-order valence-corrected chi connectivity index (χ3v) is 3.64. The second kappa shape index (κ2) is 6.62. The largest absolute Gasteiger partial charge is 0.353 e. The number of piperazine rings is 1. The molecule has 21 heavy (non-hydrogen) atoms. The number of pyridine rings is 1. The van der Waals surface area contributed by atoms with E-state index in [0.717, 1.165) is 43.1 Å². The number of rotatable bonds is 1. The number of hydrogen-bond acceptors (Lipinski definition) is 3. The Morgan fingerprint density at radius 1 is 1.05 bits per heavy atom. The third-order valence-electron chi connectivity index (χ3n) is 3.36. The summed E-state index contributed by atoms with van der Waals surface area (Å²) in [6.07, 6.45) is 1.79. The van der Waals surface area contributed by atoms with Gasteiger partial charge >= 0.3 is 0 Å². The molecule has 106 valence electrons. The van der Waals surface area contributed by atoms with Gasteiger partial charge in [0, 0.05) is 43.5 Å². The highest BCUT2D eigenvalue weighted by atomic mass is 35.5. The van der Waals surface area contributed by atoms with E-state index in [2.05, 4.69) is 27.0 Å². The SMILES string of the molecule is Clc1cc(C#Cc2ccccc2)cnc1N1CCNCC1. The Bertz CT molecular complexity index is 667. The zero-order valence-corrected chi connectivity index (χ0v) is 12.4. The maximum absolute atomic E-state index is 6.35. The molecule has 1 aliphatic rings. The van der Waals surface area contributed by atoms with Gasteiger partial charge in [0.2, 0.25) is 0 Å². The van der Waals surface area contributed by atoms with E-state index < -0.39 is 0 Å². The lowest BCUT2D eigenvalue weighted by atomic mass is 10.2. The summed E-state index contributed by atoms with van der Waals surface area (Å²) >= 11 is 6.35. The van der Waals surface area contributed by atoms with Gasteiger partial charge < -0.3 is 10.2 Å². The Labute approximate surface area is 130 Å². The van der Waals surface area contributed by atoms with Crippen molar-refractivity contribution in [2.24, 2.45) is 0 Å². The van der Waals surface area contributed by atoms with Crippen molar-refractivity contribution >= 4 is 17.4 Å². The highest BCUT2D eigenvalue weighted by Gasteiger charge is 2.14. The molecule has 0 atom stereocenters. The number of nitrogens with zero attached hydrogens (tertiary/aromatic N) is 2. The van der Waals surface area contributed by atoms with Crippen molar-refractivity contribution in [2.75, 3.05) is 31.1 Å². The average Bonchev–Trinajstić information content (AvgIpc) is 2.55. The van der Waals surface area contributed by atoms with Crippen LogP contribution >= 0.6 is 11.6 Å². The fourth-order valence-electron chi connectivity index (χ4n) is 2.27. The van der Waals surface area contributed by atoms with E-state index in [1.807, 2.05) is 36.4 Å². The molecule has 3 nitrogen and oxygen atoms in total. The Kier molecular flexibility index (Phi) is 4.40. The molecule has 1 saturated heterocycles. The van der Waals surface area contributed by atoms with Gasteiger partial charge in [0.05, 0.1) is 5.02 Å². The van der Waals surface area contributed by atoms with Crippen LogP contribution in [0.2, 0.25) is 5.02 Å². The van der Waals surface area contributed by atoms with Gasteiger partial charge in [0.15, 0.2) is 0 Å². The highest BCUT2D eigenvalue weighted by molar-refractivity contribution is 6.33. The summed E-state index contributed by atoms with van der Waals surface area (Å²) in [6, 6.07) is 11.8. The molecule has 0 bridgehead atoms. The molecule has 1 aromatic heterocycles. The summed E-state index contributed by atoms with van der Waals surface area (Å²) in [5, 5.41) is 3.98. The quantitative estimate of drug-likeness (QED) is 0.820. The normalized spacial score (nSPS) is 14.4. The maximum Gasteiger partial charge on any atom is 0.147 e. The first-order chi connectivity index (χ1) is 10.3.